The number of thiophene rings is 1. The molecule has 3 rings (SSSR count). The number of ether oxygens (including phenoxy) is 1. The standard InChI is InChI=1S/C16H22N2OS/c1-10(18-14-8-15(19-4)16(14,2)3)11-7-13-12(17-9-11)5-6-20-13/h5-7,9-10,14-15,18H,8H2,1-4H3. The van der Waals surface area contributed by atoms with E-state index in [0.29, 0.717) is 18.2 Å². The van der Waals surface area contributed by atoms with Gasteiger partial charge in [0.05, 0.1) is 16.3 Å². The van der Waals surface area contributed by atoms with Gasteiger partial charge in [-0.25, -0.2) is 0 Å². The predicted octanol–water partition coefficient (Wildman–Crippen LogP) is 3.76. The van der Waals surface area contributed by atoms with Crippen molar-refractivity contribution >= 4 is 21.6 Å². The molecular formula is C16H22N2OS. The summed E-state index contributed by atoms with van der Waals surface area (Å²) in [6, 6.07) is 5.14. The summed E-state index contributed by atoms with van der Waals surface area (Å²) in [6.45, 7) is 6.76. The van der Waals surface area contributed by atoms with E-state index in [9.17, 15) is 0 Å². The lowest BCUT2D eigenvalue weighted by Crippen LogP contribution is -2.60. The first-order valence-electron chi connectivity index (χ1n) is 7.14. The monoisotopic (exact) mass is 290 g/mol. The molecule has 3 atom stereocenters. The molecule has 1 aliphatic rings. The molecule has 2 aromatic rings. The van der Waals surface area contributed by atoms with Crippen molar-refractivity contribution in [2.75, 3.05) is 7.11 Å². The maximum atomic E-state index is 5.52. The van der Waals surface area contributed by atoms with Crippen LogP contribution >= 0.6 is 11.3 Å². The van der Waals surface area contributed by atoms with E-state index in [1.165, 1.54) is 10.3 Å². The SMILES string of the molecule is COC1CC(NC(C)c2cnc3ccsc3c2)C1(C)C. The number of methoxy groups -OCH3 is 1. The third-order valence-electron chi connectivity index (χ3n) is 4.74. The van der Waals surface area contributed by atoms with Crippen molar-refractivity contribution < 1.29 is 4.74 Å². The van der Waals surface area contributed by atoms with Gasteiger partial charge in [-0.15, -0.1) is 11.3 Å². The number of fused-ring (bicyclic) bond motifs is 1. The second kappa shape index (κ2) is 5.10. The van der Waals surface area contributed by atoms with Crippen LogP contribution in [0.2, 0.25) is 0 Å². The van der Waals surface area contributed by atoms with Crippen LogP contribution in [0.3, 0.4) is 0 Å². The van der Waals surface area contributed by atoms with E-state index < -0.39 is 0 Å². The van der Waals surface area contributed by atoms with Gasteiger partial charge in [0.2, 0.25) is 0 Å². The number of nitrogens with one attached hydrogen (secondary N) is 1. The zero-order chi connectivity index (χ0) is 14.3. The minimum absolute atomic E-state index is 0.198. The summed E-state index contributed by atoms with van der Waals surface area (Å²) < 4.78 is 6.78. The van der Waals surface area contributed by atoms with Crippen LogP contribution < -0.4 is 5.32 Å². The summed E-state index contributed by atoms with van der Waals surface area (Å²) in [6.07, 6.45) is 3.44. The second-order valence-corrected chi connectivity index (χ2v) is 7.24. The first-order chi connectivity index (χ1) is 9.52. The van der Waals surface area contributed by atoms with E-state index >= 15 is 0 Å². The Kier molecular flexibility index (Phi) is 3.56. The molecule has 2 aromatic heterocycles. The van der Waals surface area contributed by atoms with E-state index in [1.807, 2.05) is 6.20 Å². The largest absolute Gasteiger partial charge is 0.381 e. The molecule has 0 amide bonds. The molecule has 1 fully saturated rings. The normalized spacial score (nSPS) is 26.4. The summed E-state index contributed by atoms with van der Waals surface area (Å²) in [5.74, 6) is 0. The third-order valence-corrected chi connectivity index (χ3v) is 5.59. The average molecular weight is 290 g/mol. The Balaban J connectivity index is 1.72. The Morgan fingerprint density at radius 3 is 3.00 bits per heavy atom. The molecule has 4 heteroatoms. The molecular weight excluding hydrogens is 268 g/mol. The van der Waals surface area contributed by atoms with Gasteiger partial charge < -0.3 is 10.1 Å². The fourth-order valence-electron chi connectivity index (χ4n) is 3.06. The number of pyridine rings is 1. The lowest BCUT2D eigenvalue weighted by atomic mass is 9.64. The van der Waals surface area contributed by atoms with Gasteiger partial charge in [0.1, 0.15) is 0 Å². The van der Waals surface area contributed by atoms with Crippen molar-refractivity contribution in [2.45, 2.75) is 45.4 Å². The van der Waals surface area contributed by atoms with Gasteiger partial charge in [0.25, 0.3) is 0 Å². The number of aromatic nitrogens is 1. The lowest BCUT2D eigenvalue weighted by Gasteiger charge is -2.52. The molecule has 1 saturated carbocycles. The van der Waals surface area contributed by atoms with Crippen LogP contribution in [0.15, 0.2) is 23.7 Å². The fourth-order valence-corrected chi connectivity index (χ4v) is 3.85. The minimum Gasteiger partial charge on any atom is -0.381 e. The Morgan fingerprint density at radius 2 is 2.30 bits per heavy atom. The van der Waals surface area contributed by atoms with Crippen LogP contribution in [-0.4, -0.2) is 24.2 Å². The molecule has 1 aliphatic carbocycles. The number of hydrogen-bond acceptors (Lipinski definition) is 4. The first-order valence-corrected chi connectivity index (χ1v) is 8.02. The van der Waals surface area contributed by atoms with Crippen molar-refractivity contribution in [3.63, 3.8) is 0 Å². The highest BCUT2D eigenvalue weighted by Crippen LogP contribution is 2.43. The van der Waals surface area contributed by atoms with E-state index in [0.717, 1.165) is 11.9 Å². The molecule has 1 N–H and O–H groups in total. The summed E-state index contributed by atoms with van der Waals surface area (Å²) in [5.41, 5.74) is 2.55. The Hall–Kier alpha value is -0.970. The fraction of sp³-hybridized carbons (Fsp3) is 0.562. The molecule has 3 nitrogen and oxygen atoms in total. The van der Waals surface area contributed by atoms with Crippen molar-refractivity contribution in [3.8, 4) is 0 Å². The highest BCUT2D eigenvalue weighted by Gasteiger charge is 2.48. The smallest absolute Gasteiger partial charge is 0.0809 e. The van der Waals surface area contributed by atoms with Crippen LogP contribution in [0.25, 0.3) is 10.2 Å². The van der Waals surface area contributed by atoms with Crippen LogP contribution in [0.4, 0.5) is 0 Å². The Bertz CT molecular complexity index is 607. The maximum Gasteiger partial charge on any atom is 0.0809 e. The molecule has 0 aromatic carbocycles. The molecule has 0 bridgehead atoms. The predicted molar refractivity (Wildman–Crippen MR) is 84.2 cm³/mol. The zero-order valence-corrected chi connectivity index (χ0v) is 13.3. The molecule has 0 aliphatic heterocycles. The van der Waals surface area contributed by atoms with Gasteiger partial charge in [0.15, 0.2) is 0 Å². The van der Waals surface area contributed by atoms with Gasteiger partial charge in [-0.2, -0.15) is 0 Å². The minimum atomic E-state index is 0.198. The zero-order valence-electron chi connectivity index (χ0n) is 12.5. The van der Waals surface area contributed by atoms with Crippen LogP contribution in [0.5, 0.6) is 0 Å². The van der Waals surface area contributed by atoms with E-state index in [4.69, 9.17) is 4.74 Å². The number of hydrogen-bond donors (Lipinski definition) is 1. The highest BCUT2D eigenvalue weighted by molar-refractivity contribution is 7.17. The van der Waals surface area contributed by atoms with Crippen molar-refractivity contribution in [2.24, 2.45) is 5.41 Å². The third kappa shape index (κ3) is 2.26. The van der Waals surface area contributed by atoms with Gasteiger partial charge in [0, 0.05) is 30.8 Å². The molecule has 2 heterocycles. The van der Waals surface area contributed by atoms with Crippen molar-refractivity contribution in [1.82, 2.24) is 10.3 Å². The number of nitrogens with zero attached hydrogens (tertiary/aromatic N) is 1. The van der Waals surface area contributed by atoms with Gasteiger partial charge in [-0.1, -0.05) is 13.8 Å². The first kappa shape index (κ1) is 14.0. The van der Waals surface area contributed by atoms with Crippen LogP contribution in [0, 0.1) is 5.41 Å². The Morgan fingerprint density at radius 1 is 1.50 bits per heavy atom. The summed E-state index contributed by atoms with van der Waals surface area (Å²) in [7, 11) is 1.81. The van der Waals surface area contributed by atoms with Crippen molar-refractivity contribution in [3.05, 3.63) is 29.3 Å². The second-order valence-electron chi connectivity index (χ2n) is 6.29. The molecule has 0 radical (unpaired) electrons. The molecule has 0 saturated heterocycles. The lowest BCUT2D eigenvalue weighted by molar-refractivity contribution is -0.0999. The van der Waals surface area contributed by atoms with Gasteiger partial charge in [-0.3, -0.25) is 4.98 Å². The molecule has 108 valence electrons. The molecule has 3 unspecified atom stereocenters. The topological polar surface area (TPSA) is 34.1 Å². The van der Waals surface area contributed by atoms with E-state index in [1.54, 1.807) is 18.4 Å². The van der Waals surface area contributed by atoms with E-state index in [-0.39, 0.29) is 5.41 Å². The summed E-state index contributed by atoms with van der Waals surface area (Å²) in [4.78, 5) is 4.53. The maximum absolute atomic E-state index is 5.52. The van der Waals surface area contributed by atoms with Crippen LogP contribution in [-0.2, 0) is 4.74 Å². The summed E-state index contributed by atoms with van der Waals surface area (Å²) >= 11 is 1.75. The van der Waals surface area contributed by atoms with Crippen molar-refractivity contribution in [1.29, 1.82) is 0 Å². The molecule has 0 spiro atoms. The Labute approximate surface area is 124 Å². The van der Waals surface area contributed by atoms with Gasteiger partial charge in [-0.05, 0) is 36.4 Å². The quantitative estimate of drug-likeness (QED) is 0.931. The van der Waals surface area contributed by atoms with Crippen LogP contribution in [0.1, 0.15) is 38.8 Å². The summed E-state index contributed by atoms with van der Waals surface area (Å²) in [5, 5.41) is 5.82. The number of rotatable bonds is 4. The molecule has 20 heavy (non-hydrogen) atoms. The average Bonchev–Trinajstić information content (AvgIpc) is 2.89. The van der Waals surface area contributed by atoms with Gasteiger partial charge >= 0.3 is 0 Å². The highest BCUT2D eigenvalue weighted by atomic mass is 32.1. The van der Waals surface area contributed by atoms with E-state index in [2.05, 4.69) is 48.6 Å².